The minimum absolute atomic E-state index is 0.0471. The molecule has 0 saturated carbocycles. The van der Waals surface area contributed by atoms with Crippen LogP contribution in [0.25, 0.3) is 32.7 Å². The van der Waals surface area contributed by atoms with Gasteiger partial charge in [0.25, 0.3) is 0 Å². The largest absolute Gasteiger partial charge is 0.488 e. The van der Waals surface area contributed by atoms with Gasteiger partial charge in [-0.1, -0.05) is 180 Å². The number of nitrogens with zero attached hydrogens (tertiary/aromatic N) is 4. The van der Waals surface area contributed by atoms with Gasteiger partial charge < -0.3 is 35.0 Å². The van der Waals surface area contributed by atoms with E-state index in [4.69, 9.17) is 4.74 Å². The molecule has 0 unspecified atom stereocenters. The second kappa shape index (κ2) is 32.8. The summed E-state index contributed by atoms with van der Waals surface area (Å²) in [7, 11) is -3.34. The van der Waals surface area contributed by atoms with Gasteiger partial charge in [0.05, 0.1) is 5.41 Å². The van der Waals surface area contributed by atoms with Gasteiger partial charge in [-0.05, 0) is 204 Å². The predicted octanol–water partition coefficient (Wildman–Crippen LogP) is 15.3. The molecule has 2 aliphatic heterocycles. The van der Waals surface area contributed by atoms with E-state index in [0.717, 1.165) is 129 Å². The van der Waals surface area contributed by atoms with Gasteiger partial charge in [0.15, 0.2) is 11.5 Å². The van der Waals surface area contributed by atoms with Crippen molar-refractivity contribution < 1.29 is 39.0 Å². The van der Waals surface area contributed by atoms with Crippen molar-refractivity contribution in [3.05, 3.63) is 268 Å². The number of anilines is 1. The van der Waals surface area contributed by atoms with Crippen LogP contribution >= 0.6 is 0 Å². The standard InChI is InChI=1S/C87H99B2N5O7/c1-11-50-93-79-40-21-17-36-75(79)86(7,8)82(93)47-44-62-30-25-31-63(45-48-83-87(9,10)76-37-18-22-41-80(76)94(83)51-12-2)84(62)101-68-33-26-32-64(54-68)65-43-46-71-72(55-65)74(59-91(52-24-23-42-81(95)60(3)4)56-66-28-13-19-38-77(66)88(97)98)70-35-16-15-34-69(70)73(71)58-92(53-27-49-90-85(96)61(5)6)57-67-29-14-20-39-78(67)89(99)100/h13-22,26,28-29,32-41,43-48,54-55,97-100H,3,5,11-12,23-25,27,30-31,42,49-53,56-59H2,1-2,4,6-10H3/p+1. The van der Waals surface area contributed by atoms with E-state index in [1.165, 1.54) is 33.9 Å². The van der Waals surface area contributed by atoms with Crippen molar-refractivity contribution in [1.29, 1.82) is 0 Å². The molecule has 101 heavy (non-hydrogen) atoms. The molecule has 0 saturated heterocycles. The summed E-state index contributed by atoms with van der Waals surface area (Å²) in [5.74, 6) is 1.45. The molecule has 8 aromatic rings. The Hall–Kier alpha value is -8.98. The summed E-state index contributed by atoms with van der Waals surface area (Å²) < 4.78 is 10.00. The van der Waals surface area contributed by atoms with Crippen molar-refractivity contribution in [2.75, 3.05) is 37.6 Å². The number of hydrogen-bond acceptors (Lipinski definition) is 10. The van der Waals surface area contributed by atoms with E-state index < -0.39 is 14.2 Å². The molecule has 520 valence electrons. The predicted molar refractivity (Wildman–Crippen MR) is 417 cm³/mol. The van der Waals surface area contributed by atoms with E-state index in [1.54, 1.807) is 26.0 Å². The van der Waals surface area contributed by atoms with Crippen LogP contribution in [0.2, 0.25) is 0 Å². The maximum Gasteiger partial charge on any atom is 0.488 e. The van der Waals surface area contributed by atoms with Crippen LogP contribution in [-0.4, -0.2) is 98.8 Å². The zero-order chi connectivity index (χ0) is 71.5. The number of para-hydroxylation sites is 2. The molecule has 5 N–H and O–H groups in total. The molecule has 0 spiro atoms. The van der Waals surface area contributed by atoms with Crippen molar-refractivity contribution >= 4 is 75.5 Å². The highest BCUT2D eigenvalue weighted by atomic mass is 16.5. The highest BCUT2D eigenvalue weighted by Crippen LogP contribution is 2.49. The Labute approximate surface area is 599 Å². The molecule has 0 fully saturated rings. The summed E-state index contributed by atoms with van der Waals surface area (Å²) in [5.41, 5.74) is 17.2. The average molecular weight is 1350 g/mol. The number of rotatable bonds is 31. The van der Waals surface area contributed by atoms with Crippen LogP contribution in [0.4, 0.5) is 11.4 Å². The molecule has 0 radical (unpaired) electrons. The third kappa shape index (κ3) is 16.5. The van der Waals surface area contributed by atoms with Gasteiger partial charge in [0.2, 0.25) is 11.6 Å². The van der Waals surface area contributed by atoms with Crippen molar-refractivity contribution in [3.63, 3.8) is 0 Å². The number of unbranched alkanes of at least 4 members (excludes halogenated alkanes) is 1. The normalized spacial score (nSPS) is 15.6. The number of fused-ring (bicyclic) bond motifs is 4. The first-order valence-electron chi connectivity index (χ1n) is 36.3. The monoisotopic (exact) mass is 1350 g/mol. The molecule has 3 aliphatic rings. The molecule has 12 nitrogen and oxygen atoms in total. The summed E-state index contributed by atoms with van der Waals surface area (Å²) in [5, 5.41) is 50.0. The van der Waals surface area contributed by atoms with Gasteiger partial charge in [-0.3, -0.25) is 19.4 Å². The number of carbonyl (C=O) groups excluding carboxylic acids is 2. The number of ketones is 1. The smallest absolute Gasteiger partial charge is 0.457 e. The first-order chi connectivity index (χ1) is 48.7. The molecule has 1 aliphatic carbocycles. The van der Waals surface area contributed by atoms with E-state index >= 15 is 0 Å². The average Bonchev–Trinajstić information content (AvgIpc) is 1.44. The van der Waals surface area contributed by atoms with Gasteiger partial charge in [-0.25, -0.2) is 0 Å². The highest BCUT2D eigenvalue weighted by molar-refractivity contribution is 6.59. The molecule has 0 bridgehead atoms. The minimum atomic E-state index is -1.67. The van der Waals surface area contributed by atoms with Crippen molar-refractivity contribution in [1.82, 2.24) is 15.1 Å². The Morgan fingerprint density at radius 3 is 1.87 bits per heavy atom. The van der Waals surface area contributed by atoms with Gasteiger partial charge in [0, 0.05) is 98.7 Å². The third-order valence-corrected chi connectivity index (χ3v) is 20.6. The lowest BCUT2D eigenvalue weighted by atomic mass is 9.77. The van der Waals surface area contributed by atoms with Crippen LogP contribution in [0.5, 0.6) is 5.75 Å². The van der Waals surface area contributed by atoms with Gasteiger partial charge in [0.1, 0.15) is 18.1 Å². The minimum Gasteiger partial charge on any atom is -0.457 e. The lowest BCUT2D eigenvalue weighted by Gasteiger charge is -2.28. The third-order valence-electron chi connectivity index (χ3n) is 20.6. The second-order valence-electron chi connectivity index (χ2n) is 28.8. The first kappa shape index (κ1) is 73.2. The molecule has 11 rings (SSSR count). The number of allylic oxidation sites excluding steroid dienone is 8. The lowest BCUT2D eigenvalue weighted by molar-refractivity contribution is -0.437. The summed E-state index contributed by atoms with van der Waals surface area (Å²) in [6.07, 6.45) is 16.5. The number of amides is 1. The fourth-order valence-electron chi connectivity index (χ4n) is 15.4. The molecule has 2 heterocycles. The van der Waals surface area contributed by atoms with Crippen LogP contribution in [0.3, 0.4) is 0 Å². The summed E-state index contributed by atoms with van der Waals surface area (Å²) in [6, 6.07) is 56.4. The Morgan fingerprint density at radius 2 is 1.22 bits per heavy atom. The van der Waals surface area contributed by atoms with E-state index in [0.29, 0.717) is 87.1 Å². The topological polar surface area (TPSA) is 149 Å². The van der Waals surface area contributed by atoms with Crippen LogP contribution in [0, 0.1) is 0 Å². The van der Waals surface area contributed by atoms with Gasteiger partial charge in [-0.15, -0.1) is 0 Å². The summed E-state index contributed by atoms with van der Waals surface area (Å²) in [4.78, 5) is 32.9. The van der Waals surface area contributed by atoms with Crippen LogP contribution < -0.4 is 25.9 Å². The SMILES string of the molecule is C=C(C)C(=O)CCCCN(Cc1ccccc1B(O)O)Cc1c2ccccc2c(CN(CCCNC(=O)C(=C)C)Cc2ccccc2B(O)O)c2ccc(-c3cccc(OC4=C(/C=C/C5=[N+](CCC)c6ccccc6C5(C)C)CCC/C4=C\C=C4\N(CCC)c5ccccc5C4(C)C)c3)cc12. The molecular formula is C87H100B2N5O7+. The summed E-state index contributed by atoms with van der Waals surface area (Å²) >= 11 is 0. The number of ether oxygens (including phenoxy) is 1. The number of hydrogen-bond donors (Lipinski definition) is 5. The Bertz CT molecular complexity index is 4570. The fourth-order valence-corrected chi connectivity index (χ4v) is 15.4. The van der Waals surface area contributed by atoms with E-state index in [-0.39, 0.29) is 22.5 Å². The van der Waals surface area contributed by atoms with Crippen LogP contribution in [0.1, 0.15) is 147 Å². The number of benzene rings is 8. The Balaban J connectivity index is 1.05. The molecule has 0 atom stereocenters. The zero-order valence-electron chi connectivity index (χ0n) is 60.5. The van der Waals surface area contributed by atoms with E-state index in [1.807, 2.05) is 36.4 Å². The summed E-state index contributed by atoms with van der Waals surface area (Å²) in [6.45, 7) is 30.3. The van der Waals surface area contributed by atoms with Crippen molar-refractivity contribution in [2.45, 2.75) is 150 Å². The molecule has 14 heteroatoms. The fraction of sp³-hybridized carbons (Fsp3) is 0.322. The number of carbonyl (C=O) groups is 2. The van der Waals surface area contributed by atoms with Crippen molar-refractivity contribution in [3.8, 4) is 16.9 Å². The quantitative estimate of drug-likeness (QED) is 0.00935. The second-order valence-corrected chi connectivity index (χ2v) is 28.8. The van der Waals surface area contributed by atoms with Crippen LogP contribution in [-0.2, 0) is 46.6 Å². The van der Waals surface area contributed by atoms with E-state index in [2.05, 4.69) is 219 Å². The number of nitrogens with one attached hydrogen (secondary N) is 1. The zero-order valence-corrected chi connectivity index (χ0v) is 60.5. The van der Waals surface area contributed by atoms with Crippen LogP contribution in [0.15, 0.2) is 235 Å². The van der Waals surface area contributed by atoms with Gasteiger partial charge in [-0.2, -0.15) is 4.58 Å². The molecular weight excluding hydrogens is 1250 g/mol. The lowest BCUT2D eigenvalue weighted by Crippen LogP contribution is -2.36. The Morgan fingerprint density at radius 1 is 0.614 bits per heavy atom. The van der Waals surface area contributed by atoms with Gasteiger partial charge >= 0.3 is 14.2 Å². The maximum absolute atomic E-state index is 12.9. The maximum atomic E-state index is 12.9. The first-order valence-corrected chi connectivity index (χ1v) is 36.3. The Kier molecular flexibility index (Phi) is 23.8. The molecule has 8 aromatic carbocycles. The van der Waals surface area contributed by atoms with Crippen molar-refractivity contribution in [2.24, 2.45) is 0 Å². The highest BCUT2D eigenvalue weighted by Gasteiger charge is 2.44. The number of Topliss-reactive ketones (excluding diaryl/α,β-unsaturated/α-hetero) is 1. The molecule has 0 aromatic heterocycles. The van der Waals surface area contributed by atoms with E-state index in [9.17, 15) is 29.7 Å². The molecule has 1 amide bonds.